The van der Waals surface area contributed by atoms with Crippen molar-refractivity contribution in [2.45, 2.75) is 26.4 Å². The van der Waals surface area contributed by atoms with Gasteiger partial charge in [-0.2, -0.15) is 0 Å². The molecule has 1 unspecified atom stereocenters. The topological polar surface area (TPSA) is 53.8 Å². The molecule has 126 valence electrons. The molecule has 0 aliphatic carbocycles. The van der Waals surface area contributed by atoms with E-state index in [4.69, 9.17) is 4.42 Å². The third-order valence-electron chi connectivity index (χ3n) is 4.41. The molecule has 1 aliphatic heterocycles. The number of carbonyl (C=O) groups is 2. The second kappa shape index (κ2) is 6.91. The van der Waals surface area contributed by atoms with Crippen molar-refractivity contribution in [1.82, 2.24) is 9.80 Å². The van der Waals surface area contributed by atoms with E-state index in [1.165, 1.54) is 5.56 Å². The monoisotopic (exact) mass is 326 g/mol. The van der Waals surface area contributed by atoms with Crippen LogP contribution in [-0.4, -0.2) is 35.2 Å². The summed E-state index contributed by atoms with van der Waals surface area (Å²) in [4.78, 5) is 28.2. The van der Waals surface area contributed by atoms with Gasteiger partial charge in [0.05, 0.1) is 18.7 Å². The zero-order valence-electron chi connectivity index (χ0n) is 14.1. The summed E-state index contributed by atoms with van der Waals surface area (Å²) in [5.41, 5.74) is 2.28. The Labute approximate surface area is 141 Å². The van der Waals surface area contributed by atoms with E-state index in [2.05, 4.69) is 0 Å². The Morgan fingerprint density at radius 3 is 2.71 bits per heavy atom. The molecule has 0 N–H and O–H groups in total. The molecule has 2 aromatic rings. The van der Waals surface area contributed by atoms with E-state index in [0.29, 0.717) is 19.6 Å². The molecular formula is C19H22N2O3. The number of likely N-dealkylation sites (tertiary alicyclic amines) is 1. The van der Waals surface area contributed by atoms with Crippen LogP contribution in [0.1, 0.15) is 23.3 Å². The molecule has 1 aliphatic rings. The van der Waals surface area contributed by atoms with E-state index in [-0.39, 0.29) is 24.2 Å². The fourth-order valence-electron chi connectivity index (χ4n) is 3.03. The molecule has 0 saturated carbocycles. The van der Waals surface area contributed by atoms with E-state index in [1.807, 2.05) is 37.3 Å². The van der Waals surface area contributed by atoms with Crippen molar-refractivity contribution in [3.63, 3.8) is 0 Å². The van der Waals surface area contributed by atoms with Gasteiger partial charge < -0.3 is 14.2 Å². The van der Waals surface area contributed by atoms with Crippen molar-refractivity contribution >= 4 is 11.8 Å². The van der Waals surface area contributed by atoms with Gasteiger partial charge in [0.15, 0.2) is 0 Å². The minimum Gasteiger partial charge on any atom is -0.467 e. The fourth-order valence-corrected chi connectivity index (χ4v) is 3.03. The van der Waals surface area contributed by atoms with Gasteiger partial charge in [0.25, 0.3) is 0 Å². The number of benzene rings is 1. The lowest BCUT2D eigenvalue weighted by Gasteiger charge is -2.20. The van der Waals surface area contributed by atoms with Crippen LogP contribution < -0.4 is 0 Å². The summed E-state index contributed by atoms with van der Waals surface area (Å²) in [6.07, 6.45) is 1.88. The molecular weight excluding hydrogens is 304 g/mol. The number of amides is 2. The Balaban J connectivity index is 1.59. The lowest BCUT2D eigenvalue weighted by molar-refractivity contribution is -0.135. The molecule has 1 saturated heterocycles. The first-order chi connectivity index (χ1) is 11.5. The average Bonchev–Trinajstić information content (AvgIpc) is 3.19. The van der Waals surface area contributed by atoms with E-state index in [1.54, 1.807) is 29.2 Å². The predicted molar refractivity (Wildman–Crippen MR) is 89.9 cm³/mol. The number of hydrogen-bond donors (Lipinski definition) is 0. The smallest absolute Gasteiger partial charge is 0.228 e. The SMILES string of the molecule is Cc1ccc(CN2CC(C(=O)N(C)Cc3ccco3)CC2=O)cc1. The molecule has 1 atom stereocenters. The maximum absolute atomic E-state index is 12.6. The molecule has 1 aromatic heterocycles. The average molecular weight is 326 g/mol. The summed E-state index contributed by atoms with van der Waals surface area (Å²) in [6, 6.07) is 11.8. The lowest BCUT2D eigenvalue weighted by atomic mass is 10.1. The van der Waals surface area contributed by atoms with Crippen molar-refractivity contribution in [1.29, 1.82) is 0 Å². The maximum atomic E-state index is 12.6. The molecule has 5 heteroatoms. The van der Waals surface area contributed by atoms with Gasteiger partial charge in [-0.15, -0.1) is 0 Å². The number of aryl methyl sites for hydroxylation is 1. The third-order valence-corrected chi connectivity index (χ3v) is 4.41. The summed E-state index contributed by atoms with van der Waals surface area (Å²) in [5, 5.41) is 0. The molecule has 5 nitrogen and oxygen atoms in total. The van der Waals surface area contributed by atoms with Gasteiger partial charge in [-0.1, -0.05) is 29.8 Å². The summed E-state index contributed by atoms with van der Waals surface area (Å²) in [5.74, 6) is 0.501. The minimum absolute atomic E-state index is 0.00819. The number of nitrogens with zero attached hydrogens (tertiary/aromatic N) is 2. The Bertz CT molecular complexity index is 707. The van der Waals surface area contributed by atoms with E-state index in [9.17, 15) is 9.59 Å². The third kappa shape index (κ3) is 3.67. The number of hydrogen-bond acceptors (Lipinski definition) is 3. The Morgan fingerprint density at radius 1 is 1.29 bits per heavy atom. The van der Waals surface area contributed by atoms with Gasteiger partial charge in [-0.3, -0.25) is 9.59 Å². The second-order valence-electron chi connectivity index (χ2n) is 6.43. The van der Waals surface area contributed by atoms with Crippen molar-refractivity contribution in [2.24, 2.45) is 5.92 Å². The fraction of sp³-hybridized carbons (Fsp3) is 0.368. The van der Waals surface area contributed by atoms with Gasteiger partial charge in [0, 0.05) is 26.6 Å². The number of furan rings is 1. The molecule has 1 aromatic carbocycles. The summed E-state index contributed by atoms with van der Waals surface area (Å²) < 4.78 is 5.28. The molecule has 0 bridgehead atoms. The highest BCUT2D eigenvalue weighted by molar-refractivity contribution is 5.89. The van der Waals surface area contributed by atoms with Gasteiger partial charge >= 0.3 is 0 Å². The Hall–Kier alpha value is -2.56. The Morgan fingerprint density at radius 2 is 2.04 bits per heavy atom. The summed E-state index contributed by atoms with van der Waals surface area (Å²) in [6.45, 7) is 3.50. The van der Waals surface area contributed by atoms with Crippen molar-refractivity contribution in [3.05, 3.63) is 59.5 Å². The first kappa shape index (κ1) is 16.3. The second-order valence-corrected chi connectivity index (χ2v) is 6.43. The predicted octanol–water partition coefficient (Wildman–Crippen LogP) is 2.60. The highest BCUT2D eigenvalue weighted by atomic mass is 16.3. The molecule has 2 amide bonds. The van der Waals surface area contributed by atoms with E-state index < -0.39 is 0 Å². The molecule has 3 rings (SSSR count). The quantitative estimate of drug-likeness (QED) is 0.848. The summed E-state index contributed by atoms with van der Waals surface area (Å²) >= 11 is 0. The van der Waals surface area contributed by atoms with Crippen LogP contribution >= 0.6 is 0 Å². The first-order valence-corrected chi connectivity index (χ1v) is 8.13. The summed E-state index contributed by atoms with van der Waals surface area (Å²) in [7, 11) is 1.75. The molecule has 2 heterocycles. The Kier molecular flexibility index (Phi) is 4.69. The molecule has 0 spiro atoms. The van der Waals surface area contributed by atoms with Crippen LogP contribution in [0.4, 0.5) is 0 Å². The van der Waals surface area contributed by atoms with Crippen molar-refractivity contribution in [3.8, 4) is 0 Å². The van der Waals surface area contributed by atoms with Crippen LogP contribution in [0.25, 0.3) is 0 Å². The minimum atomic E-state index is -0.275. The van der Waals surface area contributed by atoms with Gasteiger partial charge in [0.2, 0.25) is 11.8 Å². The highest BCUT2D eigenvalue weighted by Crippen LogP contribution is 2.22. The van der Waals surface area contributed by atoms with Crippen LogP contribution in [0.5, 0.6) is 0 Å². The van der Waals surface area contributed by atoms with Crippen LogP contribution in [0.3, 0.4) is 0 Å². The zero-order chi connectivity index (χ0) is 17.1. The van der Waals surface area contributed by atoms with Gasteiger partial charge in [0.1, 0.15) is 5.76 Å². The number of carbonyl (C=O) groups excluding carboxylic acids is 2. The molecule has 0 radical (unpaired) electrons. The largest absolute Gasteiger partial charge is 0.467 e. The molecule has 1 fully saturated rings. The lowest BCUT2D eigenvalue weighted by Crippen LogP contribution is -2.34. The number of rotatable bonds is 5. The van der Waals surface area contributed by atoms with Crippen LogP contribution in [0, 0.1) is 12.8 Å². The standard InChI is InChI=1S/C19H22N2O3/c1-14-5-7-15(8-6-14)11-21-12-16(10-18(21)22)19(23)20(2)13-17-4-3-9-24-17/h3-9,16H,10-13H2,1-2H3. The normalized spacial score (nSPS) is 17.3. The van der Waals surface area contributed by atoms with Gasteiger partial charge in [-0.05, 0) is 24.6 Å². The van der Waals surface area contributed by atoms with Crippen LogP contribution in [-0.2, 0) is 22.7 Å². The van der Waals surface area contributed by atoms with E-state index >= 15 is 0 Å². The molecule has 24 heavy (non-hydrogen) atoms. The van der Waals surface area contributed by atoms with E-state index in [0.717, 1.165) is 11.3 Å². The van der Waals surface area contributed by atoms with Crippen molar-refractivity contribution in [2.75, 3.05) is 13.6 Å². The maximum Gasteiger partial charge on any atom is 0.228 e. The van der Waals surface area contributed by atoms with Gasteiger partial charge in [-0.25, -0.2) is 0 Å². The van der Waals surface area contributed by atoms with Crippen LogP contribution in [0.2, 0.25) is 0 Å². The zero-order valence-corrected chi connectivity index (χ0v) is 14.1. The first-order valence-electron chi connectivity index (χ1n) is 8.13. The van der Waals surface area contributed by atoms with Crippen molar-refractivity contribution < 1.29 is 14.0 Å². The van der Waals surface area contributed by atoms with Crippen LogP contribution in [0.15, 0.2) is 47.1 Å². The highest BCUT2D eigenvalue weighted by Gasteiger charge is 2.35.